The van der Waals surface area contributed by atoms with Crippen LogP contribution in [-0.4, -0.2) is 121 Å². The number of hydrogen-bond acceptors (Lipinski definition) is 20. The summed E-state index contributed by atoms with van der Waals surface area (Å²) < 4.78 is 78.3. The molecule has 0 spiro atoms. The molecule has 5 rings (SSSR count). The van der Waals surface area contributed by atoms with Gasteiger partial charge in [-0.1, -0.05) is 30.3 Å². The van der Waals surface area contributed by atoms with Crippen LogP contribution in [0.3, 0.4) is 0 Å². The van der Waals surface area contributed by atoms with Gasteiger partial charge < -0.3 is 58.9 Å². The molecule has 0 amide bonds. The van der Waals surface area contributed by atoms with E-state index in [1.807, 2.05) is 0 Å². The molecule has 6 N–H and O–H groups in total. The lowest BCUT2D eigenvalue weighted by molar-refractivity contribution is -0.178. The standard InChI is InChI=1S/C28H37N5O18P2/c1-3-42-27(36)49-21-17(48-26(22(21)50-28(37)43-4-2)44-10-15-8-6-5-7-9-15)12-46-53(40,41)51-52(38,39)45-11-16-19(34)20(35)25(47-16)33-14-32-18-23(29)30-13-31-24(18)33/h5-9,13-14,16-17,19-22,25-26,34-35H,3-4,10-12H2,1-2H3,(H,38,39)(H,40,41)(H2,29,30,31)/t16-,17-,19-,20-,21-,22-,25-,26+/m1/s1. The molecule has 23 nitrogen and oxygen atoms in total. The SMILES string of the molecule is CCOC(=O)O[C@H]1[C@@H](OCc2ccccc2)O[C@H](COP(=O)(O)OP(=O)(O)OC[C@H]2O[C@@H](n3cnc4c(N)ncnc43)[C@H](O)[C@@H]2O)[C@H]1OC(=O)OCC. The van der Waals surface area contributed by atoms with E-state index in [2.05, 4.69) is 19.3 Å². The normalized spacial score (nSPS) is 27.9. The Bertz CT molecular complexity index is 1800. The number of fused-ring (bicyclic) bond motifs is 1. The smallest absolute Gasteiger partial charge is 0.435 e. The van der Waals surface area contributed by atoms with E-state index in [9.17, 15) is 38.7 Å². The summed E-state index contributed by atoms with van der Waals surface area (Å²) in [5.74, 6) is 0.0401. The van der Waals surface area contributed by atoms with E-state index in [1.165, 1.54) is 24.7 Å². The third-order valence-electron chi connectivity index (χ3n) is 7.52. The fourth-order valence-corrected chi connectivity index (χ4v) is 7.26. The summed E-state index contributed by atoms with van der Waals surface area (Å²) in [5.41, 5.74) is 6.80. The molecule has 0 bridgehead atoms. The maximum absolute atomic E-state index is 12.8. The molecule has 10 atom stereocenters. The first-order chi connectivity index (χ1) is 25.2. The highest BCUT2D eigenvalue weighted by Gasteiger charge is 2.52. The number of carbonyl (C=O) groups excluding carboxylic acids is 2. The Kier molecular flexibility index (Phi) is 13.4. The van der Waals surface area contributed by atoms with Crippen LogP contribution in [0.15, 0.2) is 43.0 Å². The van der Waals surface area contributed by atoms with Crippen molar-refractivity contribution >= 4 is 44.9 Å². The van der Waals surface area contributed by atoms with Crippen molar-refractivity contribution in [3.8, 4) is 0 Å². The van der Waals surface area contributed by atoms with Crippen LogP contribution >= 0.6 is 15.6 Å². The van der Waals surface area contributed by atoms with Gasteiger partial charge in [0.1, 0.15) is 36.3 Å². The second-order valence-corrected chi connectivity index (χ2v) is 14.2. The Labute approximate surface area is 300 Å². The Hall–Kier alpha value is -3.83. The molecule has 2 aromatic heterocycles. The van der Waals surface area contributed by atoms with Crippen LogP contribution in [0.5, 0.6) is 0 Å². The zero-order chi connectivity index (χ0) is 38.3. The van der Waals surface area contributed by atoms with Gasteiger partial charge in [-0.15, -0.1) is 0 Å². The zero-order valence-corrected chi connectivity index (χ0v) is 29.7. The van der Waals surface area contributed by atoms with E-state index in [1.54, 1.807) is 30.3 Å². The lowest BCUT2D eigenvalue weighted by Crippen LogP contribution is -2.42. The van der Waals surface area contributed by atoms with E-state index in [0.29, 0.717) is 5.56 Å². The van der Waals surface area contributed by atoms with Crippen molar-refractivity contribution in [1.82, 2.24) is 19.5 Å². The molecule has 0 radical (unpaired) electrons. The quantitative estimate of drug-likeness (QED) is 0.101. The van der Waals surface area contributed by atoms with Gasteiger partial charge in [0.25, 0.3) is 0 Å². The van der Waals surface area contributed by atoms with Crippen LogP contribution in [-0.2, 0) is 62.3 Å². The highest BCUT2D eigenvalue weighted by atomic mass is 31.3. The van der Waals surface area contributed by atoms with Gasteiger partial charge in [-0.25, -0.2) is 33.7 Å². The van der Waals surface area contributed by atoms with Crippen molar-refractivity contribution in [1.29, 1.82) is 0 Å². The fraction of sp³-hybridized carbons (Fsp3) is 0.536. The van der Waals surface area contributed by atoms with Crippen LogP contribution in [0.1, 0.15) is 25.6 Å². The molecular formula is C28H37N5O18P2. The van der Waals surface area contributed by atoms with Crippen LogP contribution in [0.4, 0.5) is 15.4 Å². The molecule has 2 fully saturated rings. The van der Waals surface area contributed by atoms with Crippen LogP contribution in [0.25, 0.3) is 11.2 Å². The van der Waals surface area contributed by atoms with Gasteiger partial charge in [0.15, 0.2) is 36.2 Å². The number of aliphatic hydroxyl groups is 2. The number of aromatic nitrogens is 4. The molecule has 3 aromatic rings. The number of phosphoric acid groups is 2. The minimum absolute atomic E-state index is 0.0401. The first-order valence-corrected chi connectivity index (χ1v) is 18.8. The number of rotatable bonds is 16. The van der Waals surface area contributed by atoms with Crippen molar-refractivity contribution in [3.63, 3.8) is 0 Å². The number of imidazole rings is 1. The maximum atomic E-state index is 12.8. The molecule has 1 aromatic carbocycles. The highest BCUT2D eigenvalue weighted by molar-refractivity contribution is 7.61. The van der Waals surface area contributed by atoms with Crippen molar-refractivity contribution in [3.05, 3.63) is 48.5 Å². The van der Waals surface area contributed by atoms with E-state index in [4.69, 9.17) is 47.9 Å². The molecule has 0 saturated carbocycles. The van der Waals surface area contributed by atoms with Gasteiger partial charge >= 0.3 is 28.0 Å². The second-order valence-electron chi connectivity index (χ2n) is 11.1. The summed E-state index contributed by atoms with van der Waals surface area (Å²) in [4.78, 5) is 57.2. The molecule has 2 aliphatic heterocycles. The second kappa shape index (κ2) is 17.5. The van der Waals surface area contributed by atoms with Crippen molar-refractivity contribution in [2.45, 2.75) is 69.6 Å². The third kappa shape index (κ3) is 10.2. The number of benzene rings is 1. The maximum Gasteiger partial charge on any atom is 0.508 e. The van der Waals surface area contributed by atoms with Gasteiger partial charge in [0, 0.05) is 0 Å². The Morgan fingerprint density at radius 1 is 0.868 bits per heavy atom. The average Bonchev–Trinajstić information content (AvgIpc) is 3.76. The number of anilines is 1. The highest BCUT2D eigenvalue weighted by Crippen LogP contribution is 2.60. The lowest BCUT2D eigenvalue weighted by atomic mass is 10.1. The fourth-order valence-electron chi connectivity index (χ4n) is 5.17. The number of aliphatic hydroxyl groups excluding tert-OH is 2. The van der Waals surface area contributed by atoms with E-state index in [-0.39, 0.29) is 36.8 Å². The van der Waals surface area contributed by atoms with Gasteiger partial charge in [0.2, 0.25) is 0 Å². The molecule has 2 saturated heterocycles. The summed E-state index contributed by atoms with van der Waals surface area (Å²) in [6, 6.07) is 8.71. The monoisotopic (exact) mass is 793 g/mol. The van der Waals surface area contributed by atoms with Gasteiger partial charge in [0.05, 0.1) is 39.4 Å². The predicted octanol–water partition coefficient (Wildman–Crippen LogP) is 1.30. The molecular weight excluding hydrogens is 756 g/mol. The number of carbonyl (C=O) groups is 2. The van der Waals surface area contributed by atoms with Gasteiger partial charge in [-0.3, -0.25) is 13.6 Å². The molecule has 4 heterocycles. The van der Waals surface area contributed by atoms with E-state index in [0.717, 1.165) is 6.33 Å². The van der Waals surface area contributed by atoms with Gasteiger partial charge in [-0.05, 0) is 19.4 Å². The Morgan fingerprint density at radius 2 is 1.49 bits per heavy atom. The summed E-state index contributed by atoms with van der Waals surface area (Å²) >= 11 is 0. The van der Waals surface area contributed by atoms with E-state index >= 15 is 0 Å². The summed E-state index contributed by atoms with van der Waals surface area (Å²) in [5, 5.41) is 21.2. The Morgan fingerprint density at radius 3 is 2.13 bits per heavy atom. The molecule has 292 valence electrons. The first kappa shape index (κ1) is 40.4. The number of hydrogen-bond donors (Lipinski definition) is 5. The molecule has 53 heavy (non-hydrogen) atoms. The Balaban J connectivity index is 1.22. The van der Waals surface area contributed by atoms with Gasteiger partial charge in [-0.2, -0.15) is 4.31 Å². The number of ether oxygens (including phenoxy) is 7. The van der Waals surface area contributed by atoms with E-state index < -0.39 is 90.3 Å². The average molecular weight is 794 g/mol. The summed E-state index contributed by atoms with van der Waals surface area (Å²) in [6.45, 7) is 0.834. The van der Waals surface area contributed by atoms with Crippen molar-refractivity contribution < 1.29 is 85.2 Å². The topological polar surface area (TPSA) is 311 Å². The summed E-state index contributed by atoms with van der Waals surface area (Å²) in [6.07, 6.45) is -12.2. The van der Waals surface area contributed by atoms with Crippen LogP contribution in [0.2, 0.25) is 0 Å². The van der Waals surface area contributed by atoms with Crippen LogP contribution in [0, 0.1) is 0 Å². The number of nitrogens with two attached hydrogens (primary N) is 1. The first-order valence-electron chi connectivity index (χ1n) is 15.8. The minimum Gasteiger partial charge on any atom is -0.435 e. The minimum atomic E-state index is -5.51. The molecule has 2 unspecified atom stereocenters. The van der Waals surface area contributed by atoms with Crippen LogP contribution < -0.4 is 5.73 Å². The van der Waals surface area contributed by atoms with Crippen molar-refractivity contribution in [2.75, 3.05) is 32.2 Å². The number of nitrogens with zero attached hydrogens (tertiary/aromatic N) is 4. The molecule has 0 aliphatic carbocycles. The van der Waals surface area contributed by atoms with Crippen molar-refractivity contribution in [2.24, 2.45) is 0 Å². The summed E-state index contributed by atoms with van der Waals surface area (Å²) in [7, 11) is -11.0. The lowest BCUT2D eigenvalue weighted by Gasteiger charge is -2.24. The predicted molar refractivity (Wildman–Crippen MR) is 172 cm³/mol. The number of phosphoric ester groups is 2. The third-order valence-corrected chi connectivity index (χ3v) is 10.1. The zero-order valence-electron chi connectivity index (χ0n) is 28.0. The number of nitrogen functional groups attached to an aromatic ring is 1. The molecule has 2 aliphatic rings. The largest absolute Gasteiger partial charge is 0.508 e. The molecule has 25 heteroatoms.